The molecule has 8 nitrogen and oxygen atoms in total. The Balaban J connectivity index is 1.66. The van der Waals surface area contributed by atoms with Gasteiger partial charge in [0.15, 0.2) is 11.5 Å². The van der Waals surface area contributed by atoms with Gasteiger partial charge in [0.05, 0.1) is 17.9 Å². The largest absolute Gasteiger partial charge is 0.490 e. The average molecular weight is 530 g/mol. The molecule has 1 amide bonds. The van der Waals surface area contributed by atoms with Gasteiger partial charge in [0.1, 0.15) is 6.61 Å². The molecule has 0 spiro atoms. The molecule has 2 heterocycles. The van der Waals surface area contributed by atoms with Gasteiger partial charge < -0.3 is 9.47 Å². The fourth-order valence-electron chi connectivity index (χ4n) is 4.61. The summed E-state index contributed by atoms with van der Waals surface area (Å²) in [4.78, 5) is 31.3. The Kier molecular flexibility index (Phi) is 7.46. The van der Waals surface area contributed by atoms with Crippen molar-refractivity contribution in [2.45, 2.75) is 38.2 Å². The second kappa shape index (κ2) is 11.1. The number of carbonyl (C=O) groups is 1. The third kappa shape index (κ3) is 4.77. The minimum atomic E-state index is -0.692. The molecule has 0 bridgehead atoms. The number of aromatic amines is 1. The number of carbonyl (C=O) groups excluding carboxylic acids is 1. The van der Waals surface area contributed by atoms with Crippen LogP contribution in [-0.4, -0.2) is 28.9 Å². The maximum atomic E-state index is 13.4. The highest BCUT2D eigenvalue weighted by atomic mass is 32.2. The van der Waals surface area contributed by atoms with Gasteiger partial charge in [0, 0.05) is 17.1 Å². The first-order valence-electron chi connectivity index (χ1n) is 12.5. The van der Waals surface area contributed by atoms with Gasteiger partial charge in [-0.05, 0) is 53.8 Å². The molecule has 1 atom stereocenters. The first-order valence-corrected chi connectivity index (χ1v) is 13.7. The zero-order valence-electron chi connectivity index (χ0n) is 21.5. The van der Waals surface area contributed by atoms with E-state index < -0.39 is 6.17 Å². The number of para-hydroxylation sites is 1. The summed E-state index contributed by atoms with van der Waals surface area (Å²) >= 11 is 1.33. The summed E-state index contributed by atoms with van der Waals surface area (Å²) in [6.45, 7) is 4.57. The van der Waals surface area contributed by atoms with Crippen LogP contribution in [0.25, 0.3) is 11.3 Å². The van der Waals surface area contributed by atoms with Crippen molar-refractivity contribution in [3.8, 4) is 22.8 Å². The lowest BCUT2D eigenvalue weighted by atomic mass is 10.0. The average Bonchev–Trinajstić information content (AvgIpc) is 2.95. The highest BCUT2D eigenvalue weighted by Crippen LogP contribution is 2.39. The lowest BCUT2D eigenvalue weighted by molar-refractivity contribution is -0.763. The third-order valence-corrected chi connectivity index (χ3v) is 6.90. The van der Waals surface area contributed by atoms with E-state index in [1.54, 1.807) is 9.58 Å². The number of anilines is 1. The van der Waals surface area contributed by atoms with Gasteiger partial charge in [-0.15, -0.1) is 0 Å². The van der Waals surface area contributed by atoms with Crippen molar-refractivity contribution in [1.82, 2.24) is 10.1 Å². The summed E-state index contributed by atoms with van der Waals surface area (Å²) in [6, 6.07) is 23.0. The number of H-pyrrole nitrogens is 1. The second-order valence-corrected chi connectivity index (χ2v) is 9.47. The number of hydrogen-bond donors (Lipinski definition) is 1. The van der Waals surface area contributed by atoms with Gasteiger partial charge in [-0.2, -0.15) is 0 Å². The van der Waals surface area contributed by atoms with Crippen molar-refractivity contribution in [1.29, 1.82) is 0 Å². The van der Waals surface area contributed by atoms with Crippen LogP contribution in [0.2, 0.25) is 0 Å². The number of hydrogen-bond acceptors (Lipinski definition) is 6. The van der Waals surface area contributed by atoms with Crippen LogP contribution >= 0.6 is 11.8 Å². The van der Waals surface area contributed by atoms with Crippen molar-refractivity contribution in [2.24, 2.45) is 0 Å². The molecule has 0 saturated carbocycles. The summed E-state index contributed by atoms with van der Waals surface area (Å²) in [5, 5.41) is 5.21. The fourth-order valence-corrected chi connectivity index (χ4v) is 4.98. The predicted octanol–water partition coefficient (Wildman–Crippen LogP) is 4.73. The van der Waals surface area contributed by atoms with Gasteiger partial charge in [-0.3, -0.25) is 14.6 Å². The maximum Gasteiger partial charge on any atom is 0.325 e. The van der Waals surface area contributed by atoms with E-state index in [0.29, 0.717) is 46.8 Å². The van der Waals surface area contributed by atoms with E-state index in [4.69, 9.17) is 14.6 Å². The molecule has 3 aromatic carbocycles. The molecular weight excluding hydrogens is 500 g/mol. The highest BCUT2D eigenvalue weighted by molar-refractivity contribution is 7.98. The van der Waals surface area contributed by atoms with Gasteiger partial charge in [0.2, 0.25) is 11.1 Å². The Morgan fingerprint density at radius 3 is 2.53 bits per heavy atom. The standard InChI is InChI=1S/C29H28N4O4S/c1-4-25(34)32-22-14-10-9-13-21(22)26-27(35)30-29(38-3)31-33(26)28(32)20-15-16-23(24(17-20)36-5-2)37-18-19-11-7-6-8-12-19/h6-17,28H,4-5,18H2,1-3H3/p+1. The molecular formula is C29H29N4O4S+. The monoisotopic (exact) mass is 529 g/mol. The molecule has 4 aromatic rings. The molecule has 9 heteroatoms. The summed E-state index contributed by atoms with van der Waals surface area (Å²) in [7, 11) is 0. The number of nitrogens with zero attached hydrogens (tertiary/aromatic N) is 3. The lowest BCUT2D eigenvalue weighted by Gasteiger charge is -2.32. The van der Waals surface area contributed by atoms with Gasteiger partial charge >= 0.3 is 11.3 Å². The number of benzene rings is 3. The molecule has 1 unspecified atom stereocenters. The summed E-state index contributed by atoms with van der Waals surface area (Å²) < 4.78 is 13.7. The minimum absolute atomic E-state index is 0.0873. The van der Waals surface area contributed by atoms with Crippen molar-refractivity contribution in [3.63, 3.8) is 0 Å². The van der Waals surface area contributed by atoms with E-state index >= 15 is 0 Å². The Bertz CT molecular complexity index is 1520. The fraction of sp³-hybridized carbons (Fsp3) is 0.241. The molecule has 194 valence electrons. The smallest absolute Gasteiger partial charge is 0.325 e. The van der Waals surface area contributed by atoms with Gasteiger partial charge in [-0.25, -0.2) is 4.90 Å². The number of rotatable bonds is 8. The van der Waals surface area contributed by atoms with E-state index in [1.807, 2.05) is 92.9 Å². The van der Waals surface area contributed by atoms with Crippen LogP contribution in [0, 0.1) is 0 Å². The van der Waals surface area contributed by atoms with Crippen molar-refractivity contribution in [2.75, 3.05) is 17.8 Å². The van der Waals surface area contributed by atoms with Crippen LogP contribution in [0.4, 0.5) is 5.69 Å². The van der Waals surface area contributed by atoms with E-state index in [1.165, 1.54) is 11.8 Å². The first kappa shape index (κ1) is 25.5. The molecule has 0 aliphatic carbocycles. The number of fused-ring (bicyclic) bond motifs is 3. The van der Waals surface area contributed by atoms with Crippen LogP contribution in [0.1, 0.15) is 37.6 Å². The van der Waals surface area contributed by atoms with Crippen LogP contribution in [0.15, 0.2) is 82.7 Å². The number of thioether (sulfide) groups is 1. The molecule has 1 aliphatic rings. The molecule has 0 saturated heterocycles. The number of aromatic nitrogens is 3. The van der Waals surface area contributed by atoms with Crippen molar-refractivity contribution < 1.29 is 19.0 Å². The molecule has 1 N–H and O–H groups in total. The summed E-state index contributed by atoms with van der Waals surface area (Å²) in [5.41, 5.74) is 3.23. The SMILES string of the molecule is CCOc1cc(C2N(C(=O)CC)c3ccccc3-c3c(=O)[nH]c(SC)n[n+]32)ccc1OCc1ccccc1. The molecule has 0 fully saturated rings. The van der Waals surface area contributed by atoms with Crippen LogP contribution < -0.4 is 24.6 Å². The number of amides is 1. The summed E-state index contributed by atoms with van der Waals surface area (Å²) in [6.07, 6.45) is 1.44. The van der Waals surface area contributed by atoms with Crippen molar-refractivity contribution >= 4 is 23.4 Å². The number of ether oxygens (including phenoxy) is 2. The Morgan fingerprint density at radius 2 is 1.79 bits per heavy atom. The van der Waals surface area contributed by atoms with Crippen LogP contribution in [0.5, 0.6) is 11.5 Å². The second-order valence-electron chi connectivity index (χ2n) is 8.68. The molecule has 1 aliphatic heterocycles. The third-order valence-electron chi connectivity index (χ3n) is 6.33. The molecule has 38 heavy (non-hydrogen) atoms. The van der Waals surface area contributed by atoms with Gasteiger partial charge in [0.25, 0.3) is 6.17 Å². The van der Waals surface area contributed by atoms with Crippen molar-refractivity contribution in [3.05, 3.63) is 94.3 Å². The first-order chi connectivity index (χ1) is 18.5. The zero-order valence-corrected chi connectivity index (χ0v) is 22.3. The predicted molar refractivity (Wildman–Crippen MR) is 147 cm³/mol. The van der Waals surface area contributed by atoms with Gasteiger partial charge in [-0.1, -0.05) is 61.2 Å². The van der Waals surface area contributed by atoms with Crippen LogP contribution in [0.3, 0.4) is 0 Å². The highest BCUT2D eigenvalue weighted by Gasteiger charge is 2.45. The topological polar surface area (TPSA) is 88.4 Å². The normalized spacial score (nSPS) is 14.0. The molecule has 1 aromatic heterocycles. The van der Waals surface area contributed by atoms with E-state index in [0.717, 1.165) is 11.1 Å². The van der Waals surface area contributed by atoms with E-state index in [9.17, 15) is 9.59 Å². The quantitative estimate of drug-likeness (QED) is 0.262. The summed E-state index contributed by atoms with van der Waals surface area (Å²) in [5.74, 6) is 1.06. The Hall–Kier alpha value is -4.11. The minimum Gasteiger partial charge on any atom is -0.490 e. The maximum absolute atomic E-state index is 13.4. The van der Waals surface area contributed by atoms with E-state index in [2.05, 4.69) is 4.98 Å². The van der Waals surface area contributed by atoms with E-state index in [-0.39, 0.29) is 17.9 Å². The Morgan fingerprint density at radius 1 is 1.03 bits per heavy atom. The zero-order chi connectivity index (χ0) is 26.6. The van der Waals surface area contributed by atoms with Crippen LogP contribution in [-0.2, 0) is 11.4 Å². The lowest BCUT2D eigenvalue weighted by Crippen LogP contribution is -2.60. The Labute approximate surface area is 225 Å². The molecule has 0 radical (unpaired) electrons. The molecule has 5 rings (SSSR count). The number of nitrogens with one attached hydrogen (secondary N) is 1.